The summed E-state index contributed by atoms with van der Waals surface area (Å²) in [6, 6.07) is 0. The second-order valence-corrected chi connectivity index (χ2v) is 5.19. The van der Waals surface area contributed by atoms with Gasteiger partial charge in [-0.3, -0.25) is 4.79 Å². The van der Waals surface area contributed by atoms with Crippen molar-refractivity contribution in [3.05, 3.63) is 34.6 Å². The molecule has 16 heavy (non-hydrogen) atoms. The van der Waals surface area contributed by atoms with Crippen LogP contribution in [-0.4, -0.2) is 21.6 Å². The number of aliphatic hydroxyl groups is 2. The third-order valence-corrected chi connectivity index (χ3v) is 4.11. The van der Waals surface area contributed by atoms with Gasteiger partial charge in [-0.15, -0.1) is 0 Å². The molecule has 0 bridgehead atoms. The van der Waals surface area contributed by atoms with Crippen molar-refractivity contribution in [2.45, 2.75) is 32.3 Å². The molecule has 3 rings (SSSR count). The molecule has 0 unspecified atom stereocenters. The Balaban J connectivity index is 2.28. The Morgan fingerprint density at radius 1 is 1.31 bits per heavy atom. The van der Waals surface area contributed by atoms with Crippen molar-refractivity contribution < 1.29 is 15.0 Å². The monoisotopic (exact) mass is 218 g/mol. The Labute approximate surface area is 93.8 Å². The molecule has 1 spiro atoms. The lowest BCUT2D eigenvalue weighted by Crippen LogP contribution is -2.49. The third-order valence-electron chi connectivity index (χ3n) is 4.11. The molecule has 0 aliphatic heterocycles. The topological polar surface area (TPSA) is 57.5 Å². The van der Waals surface area contributed by atoms with Crippen LogP contribution in [0.15, 0.2) is 34.6 Å². The second-order valence-electron chi connectivity index (χ2n) is 5.19. The molecule has 1 atom stereocenters. The molecule has 0 radical (unpaired) electrons. The zero-order chi connectivity index (χ0) is 11.7. The maximum Gasteiger partial charge on any atom is 0.195 e. The highest BCUT2D eigenvalue weighted by Crippen LogP contribution is 2.63. The fourth-order valence-electron chi connectivity index (χ4n) is 2.85. The third kappa shape index (κ3) is 0.861. The van der Waals surface area contributed by atoms with E-state index in [1.165, 1.54) is 6.92 Å². The number of aliphatic hydroxyl groups excluding tert-OH is 1. The number of rotatable bonds is 0. The maximum absolute atomic E-state index is 12.2. The van der Waals surface area contributed by atoms with Crippen LogP contribution < -0.4 is 0 Å². The molecule has 3 aliphatic rings. The van der Waals surface area contributed by atoms with Gasteiger partial charge in [-0.1, -0.05) is 0 Å². The van der Waals surface area contributed by atoms with Gasteiger partial charge in [-0.25, -0.2) is 0 Å². The van der Waals surface area contributed by atoms with E-state index in [1.807, 2.05) is 13.0 Å². The number of ketones is 1. The zero-order valence-corrected chi connectivity index (χ0v) is 9.37. The number of hydrogen-bond donors (Lipinski definition) is 2. The molecule has 0 amide bonds. The molecule has 0 aromatic rings. The lowest BCUT2D eigenvalue weighted by molar-refractivity contribution is -0.139. The summed E-state index contributed by atoms with van der Waals surface area (Å²) in [6.45, 7) is 3.40. The summed E-state index contributed by atoms with van der Waals surface area (Å²) >= 11 is 0. The lowest BCUT2D eigenvalue weighted by Gasteiger charge is -2.36. The molecule has 0 saturated heterocycles. The molecule has 84 valence electrons. The SMILES string of the molecule is CC1=CC2=C(O)C3(CC3)[C@](C)(O)C(=O)C2=C1. The summed E-state index contributed by atoms with van der Waals surface area (Å²) in [6.07, 6.45) is 4.91. The van der Waals surface area contributed by atoms with Crippen LogP contribution in [0.2, 0.25) is 0 Å². The first-order valence-corrected chi connectivity index (χ1v) is 5.51. The molecule has 0 aromatic carbocycles. The van der Waals surface area contributed by atoms with Crippen LogP contribution in [-0.2, 0) is 4.79 Å². The largest absolute Gasteiger partial charge is 0.511 e. The quantitative estimate of drug-likeness (QED) is 0.651. The van der Waals surface area contributed by atoms with E-state index < -0.39 is 11.0 Å². The summed E-state index contributed by atoms with van der Waals surface area (Å²) in [7, 11) is 0. The van der Waals surface area contributed by atoms with Gasteiger partial charge in [-0.05, 0) is 44.4 Å². The number of Topliss-reactive ketones (excluding diaryl/α,β-unsaturated/α-hetero) is 1. The average molecular weight is 218 g/mol. The van der Waals surface area contributed by atoms with Crippen molar-refractivity contribution in [1.82, 2.24) is 0 Å². The van der Waals surface area contributed by atoms with E-state index in [-0.39, 0.29) is 11.5 Å². The van der Waals surface area contributed by atoms with E-state index in [4.69, 9.17) is 0 Å². The molecule has 0 heterocycles. The molecule has 1 saturated carbocycles. The molecule has 3 nitrogen and oxygen atoms in total. The van der Waals surface area contributed by atoms with Crippen molar-refractivity contribution in [2.24, 2.45) is 5.41 Å². The minimum Gasteiger partial charge on any atom is -0.511 e. The van der Waals surface area contributed by atoms with Gasteiger partial charge in [0, 0.05) is 11.1 Å². The molecular formula is C13H14O3. The summed E-state index contributed by atoms with van der Waals surface area (Å²) in [5.41, 5.74) is -0.148. The minimum atomic E-state index is -1.45. The first kappa shape index (κ1) is 9.85. The summed E-state index contributed by atoms with van der Waals surface area (Å²) < 4.78 is 0. The normalized spacial score (nSPS) is 35.1. The smallest absolute Gasteiger partial charge is 0.195 e. The minimum absolute atomic E-state index is 0.195. The maximum atomic E-state index is 12.2. The van der Waals surface area contributed by atoms with E-state index in [2.05, 4.69) is 0 Å². The summed E-state index contributed by atoms with van der Waals surface area (Å²) in [5, 5.41) is 20.6. The summed E-state index contributed by atoms with van der Waals surface area (Å²) in [4.78, 5) is 12.2. The average Bonchev–Trinajstić information content (AvgIpc) is 2.94. The van der Waals surface area contributed by atoms with Gasteiger partial charge in [-0.2, -0.15) is 0 Å². The first-order chi connectivity index (χ1) is 7.40. The van der Waals surface area contributed by atoms with E-state index in [0.29, 0.717) is 24.0 Å². The van der Waals surface area contributed by atoms with Crippen molar-refractivity contribution in [2.75, 3.05) is 0 Å². The Morgan fingerprint density at radius 2 is 1.94 bits per heavy atom. The Bertz CT molecular complexity index is 499. The van der Waals surface area contributed by atoms with Gasteiger partial charge in [0.25, 0.3) is 0 Å². The van der Waals surface area contributed by atoms with E-state index in [9.17, 15) is 15.0 Å². The molecule has 1 fully saturated rings. The zero-order valence-electron chi connectivity index (χ0n) is 9.37. The Kier molecular flexibility index (Phi) is 1.53. The predicted molar refractivity (Wildman–Crippen MR) is 58.8 cm³/mol. The standard InChI is InChI=1S/C13H14O3/c1-7-5-8-9(6-7)11(15)13(3-4-13)12(2,16)10(8)14/h5-6,15-16H,3-4H2,1-2H3/t12-/m1/s1. The molecule has 0 aromatic heterocycles. The van der Waals surface area contributed by atoms with Crippen molar-refractivity contribution in [1.29, 1.82) is 0 Å². The van der Waals surface area contributed by atoms with Gasteiger partial charge in [0.15, 0.2) is 5.78 Å². The number of carbonyl (C=O) groups excluding carboxylic acids is 1. The fraction of sp³-hybridized carbons (Fsp3) is 0.462. The van der Waals surface area contributed by atoms with Crippen LogP contribution in [0.5, 0.6) is 0 Å². The molecular weight excluding hydrogens is 204 g/mol. The fourth-order valence-corrected chi connectivity index (χ4v) is 2.85. The molecule has 2 N–H and O–H groups in total. The van der Waals surface area contributed by atoms with Crippen molar-refractivity contribution in [3.8, 4) is 0 Å². The highest BCUT2D eigenvalue weighted by molar-refractivity contribution is 6.10. The summed E-state index contributed by atoms with van der Waals surface area (Å²) in [5.74, 6) is -0.0638. The number of fused-ring (bicyclic) bond motifs is 1. The second kappa shape index (κ2) is 2.48. The van der Waals surface area contributed by atoms with Gasteiger partial charge >= 0.3 is 0 Å². The Hall–Kier alpha value is -1.35. The van der Waals surface area contributed by atoms with E-state index in [1.54, 1.807) is 6.08 Å². The Morgan fingerprint density at radius 3 is 2.50 bits per heavy atom. The molecule has 3 heteroatoms. The van der Waals surface area contributed by atoms with Crippen LogP contribution in [0.3, 0.4) is 0 Å². The highest BCUT2D eigenvalue weighted by atomic mass is 16.3. The van der Waals surface area contributed by atoms with Crippen molar-refractivity contribution in [3.63, 3.8) is 0 Å². The van der Waals surface area contributed by atoms with Crippen LogP contribution in [0.25, 0.3) is 0 Å². The van der Waals surface area contributed by atoms with Crippen LogP contribution in [0, 0.1) is 5.41 Å². The predicted octanol–water partition coefficient (Wildman–Crippen LogP) is 1.80. The van der Waals surface area contributed by atoms with E-state index >= 15 is 0 Å². The van der Waals surface area contributed by atoms with Gasteiger partial charge in [0.1, 0.15) is 11.4 Å². The van der Waals surface area contributed by atoms with Crippen molar-refractivity contribution >= 4 is 5.78 Å². The van der Waals surface area contributed by atoms with Crippen LogP contribution >= 0.6 is 0 Å². The van der Waals surface area contributed by atoms with Gasteiger partial charge in [0.05, 0.1) is 5.41 Å². The van der Waals surface area contributed by atoms with Gasteiger partial charge < -0.3 is 10.2 Å². The van der Waals surface area contributed by atoms with Crippen LogP contribution in [0.4, 0.5) is 0 Å². The molecule has 3 aliphatic carbocycles. The van der Waals surface area contributed by atoms with E-state index in [0.717, 1.165) is 5.57 Å². The number of carbonyl (C=O) groups is 1. The number of hydrogen-bond acceptors (Lipinski definition) is 3. The van der Waals surface area contributed by atoms with Crippen LogP contribution in [0.1, 0.15) is 26.7 Å². The lowest BCUT2D eigenvalue weighted by atomic mass is 9.71. The highest BCUT2D eigenvalue weighted by Gasteiger charge is 2.66. The number of allylic oxidation sites excluding steroid dienone is 4. The first-order valence-electron chi connectivity index (χ1n) is 5.51. The van der Waals surface area contributed by atoms with Gasteiger partial charge in [0.2, 0.25) is 0 Å².